The highest BCUT2D eigenvalue weighted by atomic mass is 35.5. The Morgan fingerprint density at radius 3 is 2.41 bits per heavy atom. The fourth-order valence-corrected chi connectivity index (χ4v) is 4.29. The second-order valence-corrected chi connectivity index (χ2v) is 8.12. The lowest BCUT2D eigenvalue weighted by Crippen LogP contribution is -2.48. The summed E-state index contributed by atoms with van der Waals surface area (Å²) in [4.78, 5) is 22.7. The van der Waals surface area contributed by atoms with Gasteiger partial charge in [0, 0.05) is 59.9 Å². The average molecular weight is 398 g/mol. The van der Waals surface area contributed by atoms with Gasteiger partial charge in [-0.15, -0.1) is 11.3 Å². The van der Waals surface area contributed by atoms with Crippen molar-refractivity contribution in [2.45, 2.75) is 6.54 Å². The number of hydrogen-bond acceptors (Lipinski definition) is 4. The van der Waals surface area contributed by atoms with Crippen LogP contribution in [0.4, 0.5) is 0 Å². The van der Waals surface area contributed by atoms with Crippen LogP contribution < -0.4 is 0 Å². The van der Waals surface area contributed by atoms with Crippen molar-refractivity contribution in [3.05, 3.63) is 76.3 Å². The first-order chi connectivity index (χ1) is 13.2. The van der Waals surface area contributed by atoms with Crippen LogP contribution in [0.1, 0.15) is 15.2 Å². The molecule has 0 spiro atoms. The van der Waals surface area contributed by atoms with E-state index in [4.69, 9.17) is 11.6 Å². The van der Waals surface area contributed by atoms with Crippen molar-refractivity contribution in [1.29, 1.82) is 0 Å². The fourth-order valence-electron chi connectivity index (χ4n) is 3.20. The number of rotatable bonds is 4. The molecule has 2 heterocycles. The highest BCUT2D eigenvalue weighted by Gasteiger charge is 2.22. The zero-order valence-corrected chi connectivity index (χ0v) is 16.4. The molecular weight excluding hydrogens is 378 g/mol. The molecule has 1 aromatic heterocycles. The summed E-state index contributed by atoms with van der Waals surface area (Å²) in [5.74, 6) is 0.0791. The second kappa shape index (κ2) is 8.21. The molecule has 1 amide bonds. The van der Waals surface area contributed by atoms with E-state index in [2.05, 4.69) is 22.0 Å². The van der Waals surface area contributed by atoms with E-state index in [1.807, 2.05) is 29.3 Å². The van der Waals surface area contributed by atoms with Gasteiger partial charge in [0.2, 0.25) is 0 Å². The summed E-state index contributed by atoms with van der Waals surface area (Å²) in [5, 5.41) is 1.71. The summed E-state index contributed by atoms with van der Waals surface area (Å²) < 4.78 is 0. The number of nitrogens with zero attached hydrogens (tertiary/aromatic N) is 3. The maximum Gasteiger partial charge on any atom is 0.253 e. The van der Waals surface area contributed by atoms with E-state index in [-0.39, 0.29) is 5.91 Å². The van der Waals surface area contributed by atoms with E-state index < -0.39 is 0 Å². The number of halogens is 1. The number of amides is 1. The lowest BCUT2D eigenvalue weighted by Gasteiger charge is -2.34. The van der Waals surface area contributed by atoms with Gasteiger partial charge >= 0.3 is 0 Å². The minimum absolute atomic E-state index is 0.0791. The van der Waals surface area contributed by atoms with Crippen molar-refractivity contribution in [3.63, 3.8) is 0 Å². The van der Waals surface area contributed by atoms with E-state index in [1.165, 1.54) is 4.88 Å². The molecule has 0 N–H and O–H groups in total. The van der Waals surface area contributed by atoms with Crippen molar-refractivity contribution in [2.24, 2.45) is 0 Å². The van der Waals surface area contributed by atoms with E-state index in [1.54, 1.807) is 35.6 Å². The topological polar surface area (TPSA) is 36.4 Å². The Morgan fingerprint density at radius 1 is 1.00 bits per heavy atom. The highest BCUT2D eigenvalue weighted by molar-refractivity contribution is 7.15. The first-order valence-electron chi connectivity index (χ1n) is 8.96. The van der Waals surface area contributed by atoms with E-state index in [0.717, 1.165) is 43.3 Å². The molecule has 27 heavy (non-hydrogen) atoms. The normalized spacial score (nSPS) is 15.1. The third-order valence-corrected chi connectivity index (χ3v) is 5.99. The molecular formula is C21H20ClN3OS. The summed E-state index contributed by atoms with van der Waals surface area (Å²) in [6.45, 7) is 4.11. The van der Waals surface area contributed by atoms with Gasteiger partial charge in [0.25, 0.3) is 5.91 Å². The molecule has 0 radical (unpaired) electrons. The van der Waals surface area contributed by atoms with Gasteiger partial charge in [-0.25, -0.2) is 4.98 Å². The van der Waals surface area contributed by atoms with Gasteiger partial charge in [-0.05, 0) is 24.3 Å². The van der Waals surface area contributed by atoms with Crippen LogP contribution in [-0.4, -0.2) is 46.9 Å². The molecule has 4 rings (SSSR count). The van der Waals surface area contributed by atoms with Crippen molar-refractivity contribution in [1.82, 2.24) is 14.8 Å². The summed E-state index contributed by atoms with van der Waals surface area (Å²) in [7, 11) is 0. The molecule has 0 aliphatic carbocycles. The number of thiazole rings is 1. The van der Waals surface area contributed by atoms with Crippen LogP contribution in [0.25, 0.3) is 10.6 Å². The molecule has 1 aliphatic heterocycles. The quantitative estimate of drug-likeness (QED) is 0.653. The standard InChI is InChI=1S/C21H20ClN3OS/c22-18-8-6-17(7-9-18)21(26)25-12-10-24(11-13-25)15-19-14-23-20(27-19)16-4-2-1-3-5-16/h1-9,14H,10-13,15H2. The number of hydrogen-bond donors (Lipinski definition) is 0. The molecule has 3 aromatic rings. The van der Waals surface area contributed by atoms with Gasteiger partial charge in [0.15, 0.2) is 0 Å². The largest absolute Gasteiger partial charge is 0.336 e. The Hall–Kier alpha value is -2.21. The Bertz CT molecular complexity index is 903. The number of aromatic nitrogens is 1. The molecule has 2 aromatic carbocycles. The van der Waals surface area contributed by atoms with Crippen LogP contribution in [0.3, 0.4) is 0 Å². The summed E-state index contributed by atoms with van der Waals surface area (Å²) in [6.07, 6.45) is 1.97. The zero-order valence-electron chi connectivity index (χ0n) is 14.8. The van der Waals surface area contributed by atoms with Gasteiger partial charge in [0.05, 0.1) is 0 Å². The number of piperazine rings is 1. The van der Waals surface area contributed by atoms with Crippen LogP contribution in [0.2, 0.25) is 5.02 Å². The van der Waals surface area contributed by atoms with Crippen molar-refractivity contribution >= 4 is 28.8 Å². The molecule has 1 fully saturated rings. The molecule has 0 saturated carbocycles. The molecule has 1 aliphatic rings. The van der Waals surface area contributed by atoms with Gasteiger partial charge in [-0.2, -0.15) is 0 Å². The summed E-state index contributed by atoms with van der Waals surface area (Å²) in [5.41, 5.74) is 1.86. The number of benzene rings is 2. The first-order valence-corrected chi connectivity index (χ1v) is 10.2. The Kier molecular flexibility index (Phi) is 5.53. The van der Waals surface area contributed by atoms with E-state index in [9.17, 15) is 4.79 Å². The van der Waals surface area contributed by atoms with E-state index in [0.29, 0.717) is 10.6 Å². The predicted octanol–water partition coefficient (Wildman–Crippen LogP) is 4.42. The second-order valence-electron chi connectivity index (χ2n) is 6.57. The monoisotopic (exact) mass is 397 g/mol. The summed E-state index contributed by atoms with van der Waals surface area (Å²) in [6, 6.07) is 17.4. The maximum atomic E-state index is 12.6. The van der Waals surface area contributed by atoms with E-state index >= 15 is 0 Å². The third kappa shape index (κ3) is 4.38. The number of carbonyl (C=O) groups excluding carboxylic acids is 1. The Morgan fingerprint density at radius 2 is 1.70 bits per heavy atom. The van der Waals surface area contributed by atoms with Crippen molar-refractivity contribution in [3.8, 4) is 10.6 Å². The minimum atomic E-state index is 0.0791. The maximum absolute atomic E-state index is 12.6. The van der Waals surface area contributed by atoms with Crippen LogP contribution in [0.15, 0.2) is 60.8 Å². The van der Waals surface area contributed by atoms with Crippen molar-refractivity contribution in [2.75, 3.05) is 26.2 Å². The van der Waals surface area contributed by atoms with Crippen molar-refractivity contribution < 1.29 is 4.79 Å². The van der Waals surface area contributed by atoms with Crippen LogP contribution in [-0.2, 0) is 6.54 Å². The van der Waals surface area contributed by atoms with Gasteiger partial charge in [-0.3, -0.25) is 9.69 Å². The molecule has 4 nitrogen and oxygen atoms in total. The molecule has 138 valence electrons. The van der Waals surface area contributed by atoms with Crippen LogP contribution >= 0.6 is 22.9 Å². The molecule has 1 saturated heterocycles. The molecule has 0 bridgehead atoms. The Labute approximate surface area is 168 Å². The van der Waals surface area contributed by atoms with Crippen LogP contribution in [0, 0.1) is 0 Å². The molecule has 0 unspecified atom stereocenters. The third-order valence-electron chi connectivity index (χ3n) is 4.70. The van der Waals surface area contributed by atoms with Crippen LogP contribution in [0.5, 0.6) is 0 Å². The lowest BCUT2D eigenvalue weighted by molar-refractivity contribution is 0.0629. The van der Waals surface area contributed by atoms with Gasteiger partial charge in [-0.1, -0.05) is 41.9 Å². The predicted molar refractivity (Wildman–Crippen MR) is 110 cm³/mol. The first kappa shape index (κ1) is 18.2. The zero-order chi connectivity index (χ0) is 18.6. The lowest BCUT2D eigenvalue weighted by atomic mass is 10.2. The Balaban J connectivity index is 1.33. The fraction of sp³-hybridized carbons (Fsp3) is 0.238. The molecule has 6 heteroatoms. The average Bonchev–Trinajstić information content (AvgIpc) is 3.18. The SMILES string of the molecule is O=C(c1ccc(Cl)cc1)N1CCN(Cc2cnc(-c3ccccc3)s2)CC1. The van der Waals surface area contributed by atoms with Gasteiger partial charge < -0.3 is 4.90 Å². The smallest absolute Gasteiger partial charge is 0.253 e. The highest BCUT2D eigenvalue weighted by Crippen LogP contribution is 2.26. The minimum Gasteiger partial charge on any atom is -0.336 e. The van der Waals surface area contributed by atoms with Gasteiger partial charge in [0.1, 0.15) is 5.01 Å². The molecule has 0 atom stereocenters. The summed E-state index contributed by atoms with van der Waals surface area (Å²) >= 11 is 7.64. The number of carbonyl (C=O) groups is 1.